The van der Waals surface area contributed by atoms with Crippen molar-refractivity contribution in [1.82, 2.24) is 9.97 Å². The van der Waals surface area contributed by atoms with E-state index in [2.05, 4.69) is 36.5 Å². The van der Waals surface area contributed by atoms with Gasteiger partial charge < -0.3 is 15.1 Å². The summed E-state index contributed by atoms with van der Waals surface area (Å²) < 4.78 is 6.06. The van der Waals surface area contributed by atoms with Crippen molar-refractivity contribution < 1.29 is 9.21 Å². The highest BCUT2D eigenvalue weighted by Gasteiger charge is 2.12. The van der Waals surface area contributed by atoms with E-state index in [9.17, 15) is 4.79 Å². The summed E-state index contributed by atoms with van der Waals surface area (Å²) in [6, 6.07) is 12.7. The van der Waals surface area contributed by atoms with Crippen molar-refractivity contribution in [3.63, 3.8) is 0 Å². The number of aryl methyl sites for hydroxylation is 1. The molecule has 0 atom stereocenters. The number of nitrogens with zero attached hydrogens (tertiary/aromatic N) is 2. The van der Waals surface area contributed by atoms with Crippen LogP contribution in [0.2, 0.25) is 0 Å². The molecule has 0 saturated carbocycles. The number of anilines is 2. The number of furan rings is 1. The summed E-state index contributed by atoms with van der Waals surface area (Å²) >= 11 is 3.40. The highest BCUT2D eigenvalue weighted by Crippen LogP contribution is 2.21. The summed E-state index contributed by atoms with van der Waals surface area (Å²) in [5.41, 5.74) is 1.67. The summed E-state index contributed by atoms with van der Waals surface area (Å²) in [7, 11) is 0. The number of hydrogen-bond donors (Lipinski definition) is 2. The van der Waals surface area contributed by atoms with Crippen LogP contribution in [0.5, 0.6) is 0 Å². The number of hydrogen-bond acceptors (Lipinski definition) is 5. The van der Waals surface area contributed by atoms with Crippen LogP contribution in [0.3, 0.4) is 0 Å². The summed E-state index contributed by atoms with van der Waals surface area (Å²) in [6.45, 7) is 2.26. The van der Waals surface area contributed by atoms with Gasteiger partial charge in [-0.2, -0.15) is 0 Å². The molecule has 7 heteroatoms. The average molecular weight is 387 g/mol. The van der Waals surface area contributed by atoms with Crippen molar-refractivity contribution in [2.24, 2.45) is 0 Å². The molecule has 0 fully saturated rings. The molecule has 3 rings (SSSR count). The first-order valence-electron chi connectivity index (χ1n) is 7.29. The van der Waals surface area contributed by atoms with Gasteiger partial charge in [-0.05, 0) is 53.2 Å². The Bertz CT molecular complexity index is 850. The fraction of sp³-hybridized carbons (Fsp3) is 0.118. The molecule has 3 aromatic rings. The molecule has 0 aliphatic carbocycles. The standard InChI is InChI=1S/C17H15BrN4O2/c1-11-9-15(16(23)21-14-7-3-2-6-13(14)18)22-17(20-11)19-10-12-5-4-8-24-12/h2-9H,10H2,1H3,(H,21,23)(H,19,20,22). The SMILES string of the molecule is Cc1cc(C(=O)Nc2ccccc2Br)nc(NCc2ccco2)n1. The van der Waals surface area contributed by atoms with Crippen LogP contribution < -0.4 is 10.6 Å². The molecule has 2 N–H and O–H groups in total. The van der Waals surface area contributed by atoms with Gasteiger partial charge in [0.2, 0.25) is 5.95 Å². The largest absolute Gasteiger partial charge is 0.467 e. The lowest BCUT2D eigenvalue weighted by Crippen LogP contribution is -2.16. The first-order valence-corrected chi connectivity index (χ1v) is 8.09. The third kappa shape index (κ3) is 3.99. The van der Waals surface area contributed by atoms with E-state index in [1.807, 2.05) is 43.3 Å². The number of rotatable bonds is 5. The minimum atomic E-state index is -0.298. The highest BCUT2D eigenvalue weighted by atomic mass is 79.9. The molecule has 0 saturated heterocycles. The molecular weight excluding hydrogens is 372 g/mol. The normalized spacial score (nSPS) is 10.4. The number of aromatic nitrogens is 2. The van der Waals surface area contributed by atoms with Crippen LogP contribution >= 0.6 is 15.9 Å². The van der Waals surface area contributed by atoms with E-state index in [1.54, 1.807) is 12.3 Å². The second-order valence-electron chi connectivity index (χ2n) is 5.09. The molecule has 2 heterocycles. The number of halogens is 1. The Morgan fingerprint density at radius 2 is 2.04 bits per heavy atom. The van der Waals surface area contributed by atoms with E-state index in [4.69, 9.17) is 4.42 Å². The maximum absolute atomic E-state index is 12.4. The zero-order valence-electron chi connectivity index (χ0n) is 12.9. The Hall–Kier alpha value is -2.67. The summed E-state index contributed by atoms with van der Waals surface area (Å²) in [5.74, 6) is 0.844. The van der Waals surface area contributed by atoms with Crippen LogP contribution in [0, 0.1) is 6.92 Å². The zero-order chi connectivity index (χ0) is 16.9. The average Bonchev–Trinajstić information content (AvgIpc) is 3.08. The molecule has 6 nitrogen and oxygen atoms in total. The predicted molar refractivity (Wildman–Crippen MR) is 94.9 cm³/mol. The summed E-state index contributed by atoms with van der Waals surface area (Å²) in [6.07, 6.45) is 1.60. The molecule has 1 amide bonds. The van der Waals surface area contributed by atoms with E-state index in [0.29, 0.717) is 29.6 Å². The van der Waals surface area contributed by atoms with Gasteiger partial charge >= 0.3 is 0 Å². The van der Waals surface area contributed by atoms with Gasteiger partial charge in [-0.3, -0.25) is 4.79 Å². The van der Waals surface area contributed by atoms with Gasteiger partial charge in [0.25, 0.3) is 5.91 Å². The van der Waals surface area contributed by atoms with E-state index in [1.165, 1.54) is 0 Å². The quantitative estimate of drug-likeness (QED) is 0.692. The molecule has 0 bridgehead atoms. The third-order valence-electron chi connectivity index (χ3n) is 3.21. The van der Waals surface area contributed by atoms with Crippen molar-refractivity contribution in [2.45, 2.75) is 13.5 Å². The molecule has 24 heavy (non-hydrogen) atoms. The molecule has 2 aromatic heterocycles. The summed E-state index contributed by atoms with van der Waals surface area (Å²) in [4.78, 5) is 21.0. The molecule has 1 aromatic carbocycles. The fourth-order valence-corrected chi connectivity index (χ4v) is 2.48. The molecular formula is C17H15BrN4O2. The third-order valence-corrected chi connectivity index (χ3v) is 3.90. The van der Waals surface area contributed by atoms with Crippen LogP contribution in [0.25, 0.3) is 0 Å². The van der Waals surface area contributed by atoms with Crippen LogP contribution in [0.15, 0.2) is 57.6 Å². The number of carbonyl (C=O) groups is 1. The number of benzene rings is 1. The lowest BCUT2D eigenvalue weighted by Gasteiger charge is -2.09. The van der Waals surface area contributed by atoms with Gasteiger partial charge in [0.1, 0.15) is 11.5 Å². The lowest BCUT2D eigenvalue weighted by atomic mass is 10.3. The molecule has 122 valence electrons. The molecule has 0 aliphatic heterocycles. The first-order chi connectivity index (χ1) is 11.6. The van der Waals surface area contributed by atoms with Gasteiger partial charge in [0.15, 0.2) is 0 Å². The predicted octanol–water partition coefficient (Wildman–Crippen LogP) is 4.00. The van der Waals surface area contributed by atoms with Crippen LogP contribution in [-0.2, 0) is 6.54 Å². The van der Waals surface area contributed by atoms with Gasteiger partial charge in [0.05, 0.1) is 18.5 Å². The lowest BCUT2D eigenvalue weighted by molar-refractivity contribution is 0.102. The number of amides is 1. The van der Waals surface area contributed by atoms with Gasteiger partial charge in [-0.1, -0.05) is 12.1 Å². The minimum Gasteiger partial charge on any atom is -0.467 e. The fourth-order valence-electron chi connectivity index (χ4n) is 2.09. The number of para-hydroxylation sites is 1. The summed E-state index contributed by atoms with van der Waals surface area (Å²) in [5, 5.41) is 5.88. The monoisotopic (exact) mass is 386 g/mol. The van der Waals surface area contributed by atoms with Gasteiger partial charge in [0, 0.05) is 10.2 Å². The Labute approximate surface area is 147 Å². The van der Waals surface area contributed by atoms with Crippen molar-refractivity contribution in [3.05, 3.63) is 70.3 Å². The minimum absolute atomic E-state index is 0.292. The molecule has 0 aliphatic rings. The van der Waals surface area contributed by atoms with Gasteiger partial charge in [-0.25, -0.2) is 9.97 Å². The molecule has 0 spiro atoms. The Morgan fingerprint density at radius 3 is 2.79 bits per heavy atom. The van der Waals surface area contributed by atoms with E-state index in [-0.39, 0.29) is 5.91 Å². The Morgan fingerprint density at radius 1 is 1.21 bits per heavy atom. The number of carbonyl (C=O) groups excluding carboxylic acids is 1. The molecule has 0 unspecified atom stereocenters. The Balaban J connectivity index is 1.75. The van der Waals surface area contributed by atoms with E-state index in [0.717, 1.165) is 10.2 Å². The second kappa shape index (κ2) is 7.27. The highest BCUT2D eigenvalue weighted by molar-refractivity contribution is 9.10. The van der Waals surface area contributed by atoms with Crippen molar-refractivity contribution in [1.29, 1.82) is 0 Å². The van der Waals surface area contributed by atoms with Crippen LogP contribution in [-0.4, -0.2) is 15.9 Å². The molecule has 0 radical (unpaired) electrons. The maximum Gasteiger partial charge on any atom is 0.274 e. The van der Waals surface area contributed by atoms with E-state index >= 15 is 0 Å². The number of nitrogens with one attached hydrogen (secondary N) is 2. The van der Waals surface area contributed by atoms with Crippen molar-refractivity contribution in [2.75, 3.05) is 10.6 Å². The first kappa shape index (κ1) is 16.2. The zero-order valence-corrected chi connectivity index (χ0v) is 14.5. The van der Waals surface area contributed by atoms with Gasteiger partial charge in [-0.15, -0.1) is 0 Å². The van der Waals surface area contributed by atoms with Crippen molar-refractivity contribution >= 4 is 33.5 Å². The van der Waals surface area contributed by atoms with Crippen LogP contribution in [0.4, 0.5) is 11.6 Å². The van der Waals surface area contributed by atoms with Crippen LogP contribution in [0.1, 0.15) is 21.9 Å². The Kier molecular flexibility index (Phi) is 4.90. The van der Waals surface area contributed by atoms with E-state index < -0.39 is 0 Å². The topological polar surface area (TPSA) is 80.0 Å². The smallest absolute Gasteiger partial charge is 0.274 e. The maximum atomic E-state index is 12.4. The van der Waals surface area contributed by atoms with Crippen molar-refractivity contribution in [3.8, 4) is 0 Å². The second-order valence-corrected chi connectivity index (χ2v) is 5.94.